The molecule has 7 heteroatoms. The summed E-state index contributed by atoms with van der Waals surface area (Å²) in [5.74, 6) is 2.45. The molecule has 4 rings (SSSR count). The number of nitrogens with one attached hydrogen (secondary N) is 3. The van der Waals surface area contributed by atoms with E-state index in [4.69, 9.17) is 0 Å². The smallest absolute Gasteiger partial charge is 0.246 e. The molecule has 1 amide bonds. The number of carbonyl (C=O) groups is 1. The van der Waals surface area contributed by atoms with Crippen LogP contribution in [0.5, 0.6) is 0 Å². The van der Waals surface area contributed by atoms with E-state index in [1.165, 1.54) is 37.7 Å². The quantitative estimate of drug-likeness (QED) is 0.410. The van der Waals surface area contributed by atoms with Crippen molar-refractivity contribution in [2.45, 2.75) is 58.4 Å². The minimum Gasteiger partial charge on any atom is -0.358 e. The van der Waals surface area contributed by atoms with Gasteiger partial charge in [0.25, 0.3) is 0 Å². The minimum absolute atomic E-state index is 0.0319. The second kappa shape index (κ2) is 11.0. The Labute approximate surface area is 196 Å². The lowest BCUT2D eigenvalue weighted by Crippen LogP contribution is -2.37. The lowest BCUT2D eigenvalue weighted by atomic mass is 9.84. The molecule has 0 bridgehead atoms. The summed E-state index contributed by atoms with van der Waals surface area (Å²) in [6.45, 7) is 4.77. The average molecular weight is 447 g/mol. The van der Waals surface area contributed by atoms with Gasteiger partial charge in [0.15, 0.2) is 0 Å². The first-order valence-electron chi connectivity index (χ1n) is 12.0. The van der Waals surface area contributed by atoms with Gasteiger partial charge >= 0.3 is 0 Å². The first-order valence-corrected chi connectivity index (χ1v) is 12.0. The zero-order valence-corrected chi connectivity index (χ0v) is 19.6. The van der Waals surface area contributed by atoms with Crippen LogP contribution < -0.4 is 16.0 Å². The predicted octanol–water partition coefficient (Wildman–Crippen LogP) is 5.40. The Bertz CT molecular complexity index is 1030. The predicted molar refractivity (Wildman–Crippen MR) is 134 cm³/mol. The summed E-state index contributed by atoms with van der Waals surface area (Å²) in [6.07, 6.45) is 10.8. The van der Waals surface area contributed by atoms with Gasteiger partial charge in [0, 0.05) is 30.7 Å². The molecule has 33 heavy (non-hydrogen) atoms. The molecule has 1 atom stereocenters. The highest BCUT2D eigenvalue weighted by atomic mass is 16.2. The summed E-state index contributed by atoms with van der Waals surface area (Å²) in [5.41, 5.74) is 1.98. The maximum absolute atomic E-state index is 13.4. The van der Waals surface area contributed by atoms with E-state index in [0.717, 1.165) is 17.9 Å². The standard InChI is InChI=1S/C26H34N6O/c1-3-27-26-30-23(18-24(31-26)32-15-7-8-16-32)29-22(17-20-9-5-4-6-10-20)25(33)28-21-13-11-19(2)12-14-21/h7-8,11-16,18,20,22H,3-6,9-10,17H2,1-2H3,(H,28,33)(H2,27,29,30,31). The van der Waals surface area contributed by atoms with E-state index in [2.05, 4.69) is 25.9 Å². The zero-order chi connectivity index (χ0) is 23.0. The van der Waals surface area contributed by atoms with Crippen LogP contribution in [0.25, 0.3) is 5.82 Å². The van der Waals surface area contributed by atoms with Crippen molar-refractivity contribution in [3.8, 4) is 5.82 Å². The lowest BCUT2D eigenvalue weighted by Gasteiger charge is -2.27. The third-order valence-electron chi connectivity index (χ3n) is 6.17. The molecule has 3 aromatic rings. The van der Waals surface area contributed by atoms with Crippen molar-refractivity contribution in [3.05, 3.63) is 60.4 Å². The van der Waals surface area contributed by atoms with Crippen LogP contribution in [0.15, 0.2) is 54.9 Å². The fourth-order valence-corrected chi connectivity index (χ4v) is 4.40. The maximum atomic E-state index is 13.4. The number of aromatic nitrogens is 3. The Morgan fingerprint density at radius 1 is 1.09 bits per heavy atom. The van der Waals surface area contributed by atoms with E-state index in [-0.39, 0.29) is 11.9 Å². The first-order chi connectivity index (χ1) is 16.1. The summed E-state index contributed by atoms with van der Waals surface area (Å²) < 4.78 is 1.94. The van der Waals surface area contributed by atoms with Gasteiger partial charge in [-0.1, -0.05) is 49.8 Å². The van der Waals surface area contributed by atoms with Crippen molar-refractivity contribution >= 4 is 23.4 Å². The van der Waals surface area contributed by atoms with Gasteiger partial charge in [-0.05, 0) is 50.5 Å². The number of benzene rings is 1. The Kier molecular flexibility index (Phi) is 7.60. The Morgan fingerprint density at radius 2 is 1.82 bits per heavy atom. The molecule has 1 unspecified atom stereocenters. The van der Waals surface area contributed by atoms with E-state index in [1.807, 2.05) is 73.3 Å². The molecule has 1 aliphatic carbocycles. The van der Waals surface area contributed by atoms with Crippen LogP contribution >= 0.6 is 0 Å². The SMILES string of the molecule is CCNc1nc(NC(CC2CCCCC2)C(=O)Nc2ccc(C)cc2)cc(-n2cccc2)n1. The summed E-state index contributed by atoms with van der Waals surface area (Å²) in [6, 6.07) is 13.4. The molecule has 1 aliphatic rings. The van der Waals surface area contributed by atoms with Crippen molar-refractivity contribution < 1.29 is 4.79 Å². The first kappa shape index (κ1) is 22.8. The van der Waals surface area contributed by atoms with Crippen LogP contribution in [0.4, 0.5) is 17.5 Å². The lowest BCUT2D eigenvalue weighted by molar-refractivity contribution is -0.117. The van der Waals surface area contributed by atoms with Crippen molar-refractivity contribution in [1.82, 2.24) is 14.5 Å². The second-order valence-corrected chi connectivity index (χ2v) is 8.85. The molecule has 1 saturated carbocycles. The van der Waals surface area contributed by atoms with E-state index in [9.17, 15) is 4.79 Å². The van der Waals surface area contributed by atoms with Crippen molar-refractivity contribution in [2.24, 2.45) is 5.92 Å². The van der Waals surface area contributed by atoms with Crippen molar-refractivity contribution in [1.29, 1.82) is 0 Å². The number of rotatable bonds is 9. The monoisotopic (exact) mass is 446 g/mol. The molecule has 0 radical (unpaired) electrons. The number of anilines is 3. The topological polar surface area (TPSA) is 83.9 Å². The van der Waals surface area contributed by atoms with Crippen LogP contribution in [0.2, 0.25) is 0 Å². The summed E-state index contributed by atoms with van der Waals surface area (Å²) >= 11 is 0. The van der Waals surface area contributed by atoms with Crippen molar-refractivity contribution in [3.63, 3.8) is 0 Å². The van der Waals surface area contributed by atoms with Gasteiger partial charge in [0.05, 0.1) is 0 Å². The van der Waals surface area contributed by atoms with E-state index >= 15 is 0 Å². The van der Waals surface area contributed by atoms with Gasteiger partial charge < -0.3 is 20.5 Å². The third-order valence-corrected chi connectivity index (χ3v) is 6.17. The molecule has 0 saturated heterocycles. The molecule has 1 aromatic carbocycles. The van der Waals surface area contributed by atoms with Crippen LogP contribution in [0.3, 0.4) is 0 Å². The summed E-state index contributed by atoms with van der Waals surface area (Å²) in [4.78, 5) is 22.6. The molecule has 2 aromatic heterocycles. The highest BCUT2D eigenvalue weighted by molar-refractivity contribution is 5.96. The van der Waals surface area contributed by atoms with Crippen LogP contribution in [0, 0.1) is 12.8 Å². The van der Waals surface area contributed by atoms with Crippen LogP contribution in [0.1, 0.15) is 51.0 Å². The number of hydrogen-bond acceptors (Lipinski definition) is 5. The van der Waals surface area contributed by atoms with Gasteiger partial charge in [0.1, 0.15) is 17.7 Å². The maximum Gasteiger partial charge on any atom is 0.246 e. The molecular weight excluding hydrogens is 412 g/mol. The zero-order valence-electron chi connectivity index (χ0n) is 19.6. The Morgan fingerprint density at radius 3 is 2.52 bits per heavy atom. The molecule has 2 heterocycles. The van der Waals surface area contributed by atoms with Gasteiger partial charge in [0.2, 0.25) is 11.9 Å². The fourth-order valence-electron chi connectivity index (χ4n) is 4.40. The van der Waals surface area contributed by atoms with E-state index in [0.29, 0.717) is 24.2 Å². The second-order valence-electron chi connectivity index (χ2n) is 8.85. The molecule has 174 valence electrons. The molecule has 3 N–H and O–H groups in total. The average Bonchev–Trinajstić information content (AvgIpc) is 3.36. The molecule has 0 spiro atoms. The van der Waals surface area contributed by atoms with Gasteiger partial charge in [-0.25, -0.2) is 0 Å². The number of nitrogens with zero attached hydrogens (tertiary/aromatic N) is 3. The highest BCUT2D eigenvalue weighted by Crippen LogP contribution is 2.29. The Hall–Kier alpha value is -3.35. The largest absolute Gasteiger partial charge is 0.358 e. The summed E-state index contributed by atoms with van der Waals surface area (Å²) in [7, 11) is 0. The van der Waals surface area contributed by atoms with Gasteiger partial charge in [-0.15, -0.1) is 0 Å². The number of amides is 1. The number of hydrogen-bond donors (Lipinski definition) is 3. The van der Waals surface area contributed by atoms with E-state index in [1.54, 1.807) is 0 Å². The molecule has 0 aliphatic heterocycles. The summed E-state index contributed by atoms with van der Waals surface area (Å²) in [5, 5.41) is 9.74. The van der Waals surface area contributed by atoms with E-state index < -0.39 is 0 Å². The highest BCUT2D eigenvalue weighted by Gasteiger charge is 2.25. The third kappa shape index (κ3) is 6.34. The minimum atomic E-state index is -0.378. The normalized spacial score (nSPS) is 15.1. The molecule has 7 nitrogen and oxygen atoms in total. The van der Waals surface area contributed by atoms with Gasteiger partial charge in [-0.2, -0.15) is 9.97 Å². The van der Waals surface area contributed by atoms with Crippen LogP contribution in [-0.2, 0) is 4.79 Å². The number of carbonyl (C=O) groups excluding carboxylic acids is 1. The fraction of sp³-hybridized carbons (Fsp3) is 0.423. The Balaban J connectivity index is 1.58. The molecular formula is C26H34N6O. The number of aryl methyl sites for hydroxylation is 1. The van der Waals surface area contributed by atoms with Crippen LogP contribution in [-0.4, -0.2) is 33.0 Å². The molecule has 1 fully saturated rings. The van der Waals surface area contributed by atoms with Crippen molar-refractivity contribution in [2.75, 3.05) is 22.5 Å². The van der Waals surface area contributed by atoms with Gasteiger partial charge in [-0.3, -0.25) is 4.79 Å².